The van der Waals surface area contributed by atoms with Gasteiger partial charge in [0.15, 0.2) is 0 Å². The van der Waals surface area contributed by atoms with Gasteiger partial charge in [-0.05, 0) is 31.2 Å². The zero-order chi connectivity index (χ0) is 15.6. The molecule has 0 fully saturated rings. The van der Waals surface area contributed by atoms with Crippen LogP contribution in [0.4, 0.5) is 13.2 Å². The van der Waals surface area contributed by atoms with Gasteiger partial charge in [-0.2, -0.15) is 0 Å². The molecule has 2 aromatic rings. The van der Waals surface area contributed by atoms with E-state index in [0.717, 1.165) is 10.0 Å². The fraction of sp³-hybridized carbons (Fsp3) is 0.200. The quantitative estimate of drug-likeness (QED) is 0.787. The first kappa shape index (κ1) is 16.3. The Morgan fingerprint density at radius 1 is 1.14 bits per heavy atom. The summed E-state index contributed by atoms with van der Waals surface area (Å²) < 4.78 is 41.5. The van der Waals surface area contributed by atoms with E-state index in [1.54, 1.807) is 25.2 Å². The van der Waals surface area contributed by atoms with Crippen molar-refractivity contribution in [3.8, 4) is 0 Å². The summed E-state index contributed by atoms with van der Waals surface area (Å²) >= 11 is 9.41. The monoisotopic (exact) mass is 377 g/mol. The van der Waals surface area contributed by atoms with Crippen LogP contribution in [0.5, 0.6) is 0 Å². The summed E-state index contributed by atoms with van der Waals surface area (Å²) in [6, 6.07) is 5.98. The highest BCUT2D eigenvalue weighted by atomic mass is 79.9. The number of hydrogen-bond donors (Lipinski definition) is 1. The summed E-state index contributed by atoms with van der Waals surface area (Å²) in [6.45, 7) is 0. The molecule has 112 valence electrons. The second-order valence-corrected chi connectivity index (χ2v) is 5.89. The van der Waals surface area contributed by atoms with E-state index < -0.39 is 23.5 Å². The molecule has 1 N–H and O–H groups in total. The van der Waals surface area contributed by atoms with Crippen molar-refractivity contribution in [3.05, 3.63) is 68.4 Å². The van der Waals surface area contributed by atoms with Crippen molar-refractivity contribution in [2.24, 2.45) is 0 Å². The minimum Gasteiger partial charge on any atom is -0.313 e. The van der Waals surface area contributed by atoms with E-state index in [1.165, 1.54) is 0 Å². The SMILES string of the molecule is CNC(Cc1ccc(Br)cc1Cl)c1c(F)cc(F)cc1F. The fourth-order valence-corrected chi connectivity index (χ4v) is 2.89. The molecule has 1 nitrogen and oxygen atoms in total. The van der Waals surface area contributed by atoms with E-state index in [4.69, 9.17) is 11.6 Å². The molecule has 2 rings (SSSR count). The minimum atomic E-state index is -0.940. The number of benzene rings is 2. The first-order chi connectivity index (χ1) is 9.92. The van der Waals surface area contributed by atoms with Crippen LogP contribution in [0, 0.1) is 17.5 Å². The maximum absolute atomic E-state index is 13.9. The normalized spacial score (nSPS) is 12.5. The third-order valence-corrected chi connectivity index (χ3v) is 4.03. The Labute approximate surface area is 134 Å². The molecular weight excluding hydrogens is 367 g/mol. The highest BCUT2D eigenvalue weighted by Crippen LogP contribution is 2.29. The van der Waals surface area contributed by atoms with Crippen molar-refractivity contribution >= 4 is 27.5 Å². The fourth-order valence-electron chi connectivity index (χ4n) is 2.14. The highest BCUT2D eigenvalue weighted by Gasteiger charge is 2.21. The van der Waals surface area contributed by atoms with Crippen molar-refractivity contribution in [1.82, 2.24) is 5.32 Å². The standard InChI is InChI=1S/C15H12BrClF3N/c1-21-14(4-8-2-3-9(16)5-11(8)17)15-12(19)6-10(18)7-13(15)20/h2-3,5-7,14,21H,4H2,1H3. The Hall–Kier alpha value is -1.04. The van der Waals surface area contributed by atoms with Gasteiger partial charge in [0.1, 0.15) is 17.5 Å². The average molecular weight is 379 g/mol. The molecule has 6 heteroatoms. The largest absolute Gasteiger partial charge is 0.313 e. The van der Waals surface area contributed by atoms with E-state index in [1.807, 2.05) is 0 Å². The number of halogens is 5. The maximum atomic E-state index is 13.9. The van der Waals surface area contributed by atoms with Gasteiger partial charge >= 0.3 is 0 Å². The van der Waals surface area contributed by atoms with Crippen molar-refractivity contribution < 1.29 is 13.2 Å². The van der Waals surface area contributed by atoms with Gasteiger partial charge in [0.05, 0.1) is 0 Å². The topological polar surface area (TPSA) is 12.0 Å². The van der Waals surface area contributed by atoms with Gasteiger partial charge in [0.25, 0.3) is 0 Å². The van der Waals surface area contributed by atoms with Gasteiger partial charge in [-0.25, -0.2) is 13.2 Å². The molecular formula is C15H12BrClF3N. The molecule has 0 bridgehead atoms. The number of nitrogens with one attached hydrogen (secondary N) is 1. The van der Waals surface area contributed by atoms with Crippen LogP contribution in [0.3, 0.4) is 0 Å². The molecule has 2 aromatic carbocycles. The third kappa shape index (κ3) is 3.78. The first-order valence-corrected chi connectivity index (χ1v) is 7.35. The summed E-state index contributed by atoms with van der Waals surface area (Å²) in [5.41, 5.74) is 0.542. The van der Waals surface area contributed by atoms with Gasteiger partial charge in [0, 0.05) is 33.2 Å². The number of rotatable bonds is 4. The molecule has 0 aromatic heterocycles. The van der Waals surface area contributed by atoms with Crippen LogP contribution in [0.15, 0.2) is 34.8 Å². The van der Waals surface area contributed by atoms with Crippen LogP contribution in [0.2, 0.25) is 5.02 Å². The minimum absolute atomic E-state index is 0.196. The molecule has 0 spiro atoms. The maximum Gasteiger partial charge on any atom is 0.133 e. The Balaban J connectivity index is 2.37. The van der Waals surface area contributed by atoms with Crippen molar-refractivity contribution in [3.63, 3.8) is 0 Å². The van der Waals surface area contributed by atoms with Gasteiger partial charge in [-0.3, -0.25) is 0 Å². The van der Waals surface area contributed by atoms with Gasteiger partial charge < -0.3 is 5.32 Å². The summed E-state index contributed by atoms with van der Waals surface area (Å²) in [7, 11) is 1.58. The molecule has 0 aliphatic carbocycles. The van der Waals surface area contributed by atoms with Crippen LogP contribution in [0.1, 0.15) is 17.2 Å². The Morgan fingerprint density at radius 2 is 1.76 bits per heavy atom. The Bertz CT molecular complexity index is 640. The molecule has 0 heterocycles. The molecule has 0 amide bonds. The van der Waals surface area contributed by atoms with Gasteiger partial charge in [-0.15, -0.1) is 0 Å². The van der Waals surface area contributed by atoms with Crippen LogP contribution < -0.4 is 5.32 Å². The number of likely N-dealkylation sites (N-methyl/N-ethyl adjacent to an activating group) is 1. The average Bonchev–Trinajstić information content (AvgIpc) is 2.39. The van der Waals surface area contributed by atoms with E-state index >= 15 is 0 Å². The Morgan fingerprint density at radius 3 is 2.29 bits per heavy atom. The second-order valence-electron chi connectivity index (χ2n) is 4.56. The van der Waals surface area contributed by atoms with E-state index in [-0.39, 0.29) is 12.0 Å². The second kappa shape index (κ2) is 6.81. The predicted octanol–water partition coefficient (Wildman–Crippen LogP) is 5.02. The smallest absolute Gasteiger partial charge is 0.133 e. The van der Waals surface area contributed by atoms with Crippen molar-refractivity contribution in [1.29, 1.82) is 0 Å². The van der Waals surface area contributed by atoms with E-state index in [2.05, 4.69) is 21.2 Å². The summed E-state index contributed by atoms with van der Waals surface area (Å²) in [4.78, 5) is 0. The van der Waals surface area contributed by atoms with Crippen LogP contribution in [0.25, 0.3) is 0 Å². The van der Waals surface area contributed by atoms with E-state index in [0.29, 0.717) is 17.2 Å². The summed E-state index contributed by atoms with van der Waals surface area (Å²) in [5, 5.41) is 3.33. The lowest BCUT2D eigenvalue weighted by Gasteiger charge is -2.19. The summed E-state index contributed by atoms with van der Waals surface area (Å²) in [5.74, 6) is -2.77. The van der Waals surface area contributed by atoms with Crippen LogP contribution >= 0.6 is 27.5 Å². The molecule has 0 saturated carbocycles. The van der Waals surface area contributed by atoms with Crippen LogP contribution in [-0.4, -0.2) is 7.05 Å². The lowest BCUT2D eigenvalue weighted by molar-refractivity contribution is 0.475. The summed E-state index contributed by atoms with van der Waals surface area (Å²) in [6.07, 6.45) is 0.280. The first-order valence-electron chi connectivity index (χ1n) is 6.18. The van der Waals surface area contributed by atoms with Gasteiger partial charge in [0.2, 0.25) is 0 Å². The highest BCUT2D eigenvalue weighted by molar-refractivity contribution is 9.10. The predicted molar refractivity (Wildman–Crippen MR) is 81.0 cm³/mol. The van der Waals surface area contributed by atoms with Crippen molar-refractivity contribution in [2.75, 3.05) is 7.05 Å². The lowest BCUT2D eigenvalue weighted by Crippen LogP contribution is -2.22. The van der Waals surface area contributed by atoms with E-state index in [9.17, 15) is 13.2 Å². The van der Waals surface area contributed by atoms with Crippen molar-refractivity contribution in [2.45, 2.75) is 12.5 Å². The van der Waals surface area contributed by atoms with Crippen LogP contribution in [-0.2, 0) is 6.42 Å². The molecule has 1 atom stereocenters. The zero-order valence-electron chi connectivity index (χ0n) is 11.1. The van der Waals surface area contributed by atoms with Gasteiger partial charge in [-0.1, -0.05) is 33.6 Å². The number of hydrogen-bond acceptors (Lipinski definition) is 1. The zero-order valence-corrected chi connectivity index (χ0v) is 13.4. The Kier molecular flexibility index (Phi) is 5.30. The third-order valence-electron chi connectivity index (χ3n) is 3.18. The lowest BCUT2D eigenvalue weighted by atomic mass is 9.98. The molecule has 21 heavy (non-hydrogen) atoms. The molecule has 0 aliphatic heterocycles. The molecule has 1 unspecified atom stereocenters. The molecule has 0 radical (unpaired) electrons. The molecule has 0 saturated heterocycles. The molecule has 0 aliphatic rings.